The number of hydrogen-bond donors (Lipinski definition) is 0. The Hall–Kier alpha value is -1.05. The first-order chi connectivity index (χ1) is 4.75. The third kappa shape index (κ3) is 1.10. The molecule has 2 heteroatoms. The van der Waals surface area contributed by atoms with E-state index in [1.165, 1.54) is 5.57 Å². The van der Waals surface area contributed by atoms with Gasteiger partial charge in [-0.05, 0) is 12.0 Å². The lowest BCUT2D eigenvalue weighted by Crippen LogP contribution is -2.18. The minimum absolute atomic E-state index is 1.00. The van der Waals surface area contributed by atoms with E-state index in [1.54, 1.807) is 6.34 Å². The maximum atomic E-state index is 4.04. The highest BCUT2D eigenvalue weighted by molar-refractivity contribution is 5.63. The van der Waals surface area contributed by atoms with Gasteiger partial charge in [0.25, 0.3) is 0 Å². The van der Waals surface area contributed by atoms with Gasteiger partial charge in [-0.15, -0.1) is 0 Å². The molecule has 1 aliphatic rings. The Kier molecular flexibility index (Phi) is 1.90. The maximum absolute atomic E-state index is 4.04. The molecule has 0 saturated heterocycles. The number of aliphatic imine (C=N–C) groups is 1. The summed E-state index contributed by atoms with van der Waals surface area (Å²) in [5, 5.41) is 0. The molecule has 0 aliphatic carbocycles. The summed E-state index contributed by atoms with van der Waals surface area (Å²) in [6, 6.07) is 0. The average Bonchev–Trinajstić information content (AvgIpc) is 1.95. The first kappa shape index (κ1) is 7.06. The second-order valence-corrected chi connectivity index (χ2v) is 2.33. The van der Waals surface area contributed by atoms with Crippen LogP contribution in [0.5, 0.6) is 0 Å². The van der Waals surface area contributed by atoms with E-state index in [2.05, 4.69) is 18.5 Å². The first-order valence-corrected chi connectivity index (χ1v) is 3.40. The number of hydrogen-bond acceptors (Lipinski definition) is 2. The summed E-state index contributed by atoms with van der Waals surface area (Å²) in [6.07, 6.45) is 4.63. The largest absolute Gasteiger partial charge is 0.336 e. The Balaban J connectivity index is 2.82. The van der Waals surface area contributed by atoms with E-state index in [1.807, 2.05) is 18.1 Å². The van der Waals surface area contributed by atoms with Crippen molar-refractivity contribution in [1.29, 1.82) is 0 Å². The monoisotopic (exact) mass is 136 g/mol. The normalized spacial score (nSPS) is 17.6. The van der Waals surface area contributed by atoms with Gasteiger partial charge >= 0.3 is 0 Å². The van der Waals surface area contributed by atoms with Crippen LogP contribution in [-0.4, -0.2) is 18.3 Å². The maximum Gasteiger partial charge on any atom is 0.0946 e. The molecule has 0 N–H and O–H groups in total. The van der Waals surface area contributed by atoms with Crippen molar-refractivity contribution in [2.45, 2.75) is 13.3 Å². The molecule has 1 rings (SSSR count). The van der Waals surface area contributed by atoms with Crippen LogP contribution >= 0.6 is 0 Å². The van der Waals surface area contributed by atoms with E-state index in [4.69, 9.17) is 0 Å². The average molecular weight is 136 g/mol. The van der Waals surface area contributed by atoms with Gasteiger partial charge in [0.2, 0.25) is 0 Å². The number of nitrogens with zero attached hydrogens (tertiary/aromatic N) is 2. The van der Waals surface area contributed by atoms with Crippen molar-refractivity contribution in [3.8, 4) is 0 Å². The highest BCUT2D eigenvalue weighted by atomic mass is 15.1. The molecule has 0 unspecified atom stereocenters. The zero-order chi connectivity index (χ0) is 7.56. The molecule has 0 saturated carbocycles. The molecule has 10 heavy (non-hydrogen) atoms. The molecular formula is C8H12N2. The predicted octanol–water partition coefficient (Wildman–Crippen LogP) is 1.77. The smallest absolute Gasteiger partial charge is 0.0946 e. The molecule has 0 fully saturated rings. The van der Waals surface area contributed by atoms with Gasteiger partial charge in [0.05, 0.1) is 6.34 Å². The van der Waals surface area contributed by atoms with Crippen LogP contribution in [0.4, 0.5) is 0 Å². The molecule has 1 heterocycles. The van der Waals surface area contributed by atoms with Crippen molar-refractivity contribution in [3.63, 3.8) is 0 Å². The van der Waals surface area contributed by atoms with Crippen molar-refractivity contribution in [1.82, 2.24) is 4.90 Å². The van der Waals surface area contributed by atoms with Crippen LogP contribution in [0, 0.1) is 0 Å². The van der Waals surface area contributed by atoms with E-state index >= 15 is 0 Å². The number of rotatable bonds is 1. The Morgan fingerprint density at radius 3 is 2.90 bits per heavy atom. The molecule has 0 amide bonds. The summed E-state index contributed by atoms with van der Waals surface area (Å²) in [4.78, 5) is 5.97. The second-order valence-electron chi connectivity index (χ2n) is 2.33. The fourth-order valence-corrected chi connectivity index (χ4v) is 0.889. The topological polar surface area (TPSA) is 15.6 Å². The minimum atomic E-state index is 1.00. The van der Waals surface area contributed by atoms with E-state index < -0.39 is 0 Å². The third-order valence-corrected chi connectivity index (χ3v) is 1.65. The second kappa shape index (κ2) is 2.69. The van der Waals surface area contributed by atoms with Gasteiger partial charge in [0.1, 0.15) is 0 Å². The number of likely N-dealkylation sites (N-methyl/N-ethyl adjacent to an activating group) is 1. The minimum Gasteiger partial charge on any atom is -0.336 e. The summed E-state index contributed by atoms with van der Waals surface area (Å²) in [5.41, 5.74) is 2.27. The van der Waals surface area contributed by atoms with Gasteiger partial charge in [0.15, 0.2) is 0 Å². The van der Waals surface area contributed by atoms with Crippen LogP contribution in [0.1, 0.15) is 13.3 Å². The molecule has 0 aromatic heterocycles. The summed E-state index contributed by atoms with van der Waals surface area (Å²) >= 11 is 0. The van der Waals surface area contributed by atoms with Crippen LogP contribution in [-0.2, 0) is 0 Å². The summed E-state index contributed by atoms with van der Waals surface area (Å²) < 4.78 is 0. The molecule has 0 aromatic rings. The highest BCUT2D eigenvalue weighted by Crippen LogP contribution is 2.16. The Labute approximate surface area is 61.6 Å². The summed E-state index contributed by atoms with van der Waals surface area (Å²) in [6.45, 7) is 6.02. The lowest BCUT2D eigenvalue weighted by atomic mass is 10.1. The molecule has 0 bridgehead atoms. The molecule has 54 valence electrons. The van der Waals surface area contributed by atoms with Crippen molar-refractivity contribution in [2.75, 3.05) is 7.05 Å². The summed E-state index contributed by atoms with van der Waals surface area (Å²) in [5.74, 6) is 0. The molecule has 0 radical (unpaired) electrons. The van der Waals surface area contributed by atoms with Gasteiger partial charge in [-0.25, -0.2) is 4.99 Å². The van der Waals surface area contributed by atoms with Crippen molar-refractivity contribution in [2.24, 2.45) is 4.99 Å². The fraction of sp³-hybridized carbons (Fsp3) is 0.375. The molecule has 1 aliphatic heterocycles. The predicted molar refractivity (Wildman–Crippen MR) is 43.8 cm³/mol. The quantitative estimate of drug-likeness (QED) is 0.536. The van der Waals surface area contributed by atoms with E-state index in [-0.39, 0.29) is 0 Å². The van der Waals surface area contributed by atoms with E-state index in [0.29, 0.717) is 0 Å². The number of allylic oxidation sites excluding steroid dienone is 1. The van der Waals surface area contributed by atoms with E-state index in [0.717, 1.165) is 12.1 Å². The van der Waals surface area contributed by atoms with Gasteiger partial charge < -0.3 is 4.90 Å². The summed E-state index contributed by atoms with van der Waals surface area (Å²) in [7, 11) is 1.95. The molecule has 2 nitrogen and oxygen atoms in total. The van der Waals surface area contributed by atoms with Crippen molar-refractivity contribution >= 4 is 6.34 Å². The fourth-order valence-electron chi connectivity index (χ4n) is 0.889. The van der Waals surface area contributed by atoms with Crippen LogP contribution in [0.2, 0.25) is 0 Å². The van der Waals surface area contributed by atoms with Crippen LogP contribution in [0.25, 0.3) is 0 Å². The first-order valence-electron chi connectivity index (χ1n) is 3.40. The lowest BCUT2D eigenvalue weighted by molar-refractivity contribution is 0.642. The molecule has 0 aromatic carbocycles. The van der Waals surface area contributed by atoms with Crippen LogP contribution in [0.3, 0.4) is 0 Å². The van der Waals surface area contributed by atoms with E-state index in [9.17, 15) is 0 Å². The van der Waals surface area contributed by atoms with Crippen LogP contribution in [0.15, 0.2) is 29.0 Å². The van der Waals surface area contributed by atoms with Crippen molar-refractivity contribution < 1.29 is 0 Å². The Morgan fingerprint density at radius 2 is 2.40 bits per heavy atom. The molecular weight excluding hydrogens is 124 g/mol. The Bertz CT molecular complexity index is 201. The van der Waals surface area contributed by atoms with Crippen molar-refractivity contribution in [3.05, 3.63) is 24.0 Å². The van der Waals surface area contributed by atoms with Gasteiger partial charge in [-0.2, -0.15) is 0 Å². The molecule has 0 atom stereocenters. The Morgan fingerprint density at radius 1 is 1.70 bits per heavy atom. The zero-order valence-electron chi connectivity index (χ0n) is 6.46. The zero-order valence-corrected chi connectivity index (χ0v) is 6.46. The molecule has 0 spiro atoms. The van der Waals surface area contributed by atoms with Gasteiger partial charge in [-0.1, -0.05) is 13.5 Å². The third-order valence-electron chi connectivity index (χ3n) is 1.65. The lowest BCUT2D eigenvalue weighted by Gasteiger charge is -2.20. The highest BCUT2D eigenvalue weighted by Gasteiger charge is 2.06. The standard InChI is InChI=1S/C8H12N2/c1-4-8-5-9-6-10(3)7(8)2/h5-6H,2,4H2,1,3H3. The van der Waals surface area contributed by atoms with Crippen LogP contribution < -0.4 is 0 Å². The SMILES string of the molecule is C=C1C(CC)=CN=CN1C. The van der Waals surface area contributed by atoms with Gasteiger partial charge in [-0.3, -0.25) is 0 Å². The van der Waals surface area contributed by atoms with Gasteiger partial charge in [0, 0.05) is 18.9 Å².